The van der Waals surface area contributed by atoms with E-state index in [0.717, 1.165) is 6.29 Å². The highest BCUT2D eigenvalue weighted by atomic mass is 35.5. The lowest BCUT2D eigenvalue weighted by molar-refractivity contribution is -0.107. The lowest BCUT2D eigenvalue weighted by Gasteiger charge is -1.97. The van der Waals surface area contributed by atoms with Crippen LogP contribution in [0.4, 0.5) is 4.39 Å². The van der Waals surface area contributed by atoms with Gasteiger partial charge in [-0.15, -0.1) is 0 Å². The van der Waals surface area contributed by atoms with Gasteiger partial charge in [-0.3, -0.25) is 0 Å². The third kappa shape index (κ3) is 2.67. The summed E-state index contributed by atoms with van der Waals surface area (Å²) < 4.78 is 12.9. The molecule has 0 fully saturated rings. The zero-order valence-electron chi connectivity index (χ0n) is 6.84. The molecule has 0 spiro atoms. The molecule has 0 bridgehead atoms. The van der Waals surface area contributed by atoms with E-state index in [2.05, 4.69) is 0 Å². The molecule has 0 heterocycles. The predicted octanol–water partition coefficient (Wildman–Crippen LogP) is 3.08. The summed E-state index contributed by atoms with van der Waals surface area (Å²) in [6.45, 7) is 0. The van der Waals surface area contributed by atoms with E-state index in [-0.39, 0.29) is 5.02 Å². The average Bonchev–Trinajstić information content (AvgIpc) is 2.13. The van der Waals surface area contributed by atoms with Crippen LogP contribution in [0, 0.1) is 5.82 Å². The summed E-state index contributed by atoms with van der Waals surface area (Å²) in [6.07, 6.45) is 4.34. The van der Waals surface area contributed by atoms with E-state index in [4.69, 9.17) is 11.6 Å². The van der Waals surface area contributed by atoms with E-state index >= 15 is 0 Å². The van der Waals surface area contributed by atoms with Crippen molar-refractivity contribution in [2.45, 2.75) is 6.42 Å². The molecule has 0 aliphatic heterocycles. The molecule has 1 aromatic carbocycles. The van der Waals surface area contributed by atoms with Crippen LogP contribution < -0.4 is 0 Å². The summed E-state index contributed by atoms with van der Waals surface area (Å²) in [7, 11) is 0. The van der Waals surface area contributed by atoms with Crippen LogP contribution in [0.25, 0.3) is 6.08 Å². The van der Waals surface area contributed by atoms with E-state index < -0.39 is 5.82 Å². The van der Waals surface area contributed by atoms with Crippen LogP contribution >= 0.6 is 11.6 Å². The second kappa shape index (κ2) is 4.77. The van der Waals surface area contributed by atoms with Crippen LogP contribution in [-0.2, 0) is 4.79 Å². The van der Waals surface area contributed by atoms with Gasteiger partial charge in [0.2, 0.25) is 0 Å². The third-order valence-corrected chi connectivity index (χ3v) is 1.91. The Labute approximate surface area is 80.8 Å². The van der Waals surface area contributed by atoms with Gasteiger partial charge in [0.25, 0.3) is 0 Å². The number of rotatable bonds is 3. The van der Waals surface area contributed by atoms with Gasteiger partial charge in [-0.1, -0.05) is 35.9 Å². The van der Waals surface area contributed by atoms with Gasteiger partial charge in [-0.25, -0.2) is 4.39 Å². The number of aldehydes is 1. The van der Waals surface area contributed by atoms with Gasteiger partial charge in [0.05, 0.1) is 5.02 Å². The molecule has 13 heavy (non-hydrogen) atoms. The maximum atomic E-state index is 12.9. The van der Waals surface area contributed by atoms with E-state index in [9.17, 15) is 9.18 Å². The normalized spacial score (nSPS) is 10.6. The van der Waals surface area contributed by atoms with Gasteiger partial charge in [0.1, 0.15) is 12.1 Å². The highest BCUT2D eigenvalue weighted by Gasteiger charge is 2.01. The van der Waals surface area contributed by atoms with Gasteiger partial charge in [-0.2, -0.15) is 0 Å². The van der Waals surface area contributed by atoms with Crippen LogP contribution in [0.1, 0.15) is 12.0 Å². The zero-order chi connectivity index (χ0) is 9.68. The van der Waals surface area contributed by atoms with Crippen molar-refractivity contribution in [3.8, 4) is 0 Å². The molecule has 0 atom stereocenters. The minimum Gasteiger partial charge on any atom is -0.303 e. The Morgan fingerprint density at radius 1 is 1.46 bits per heavy atom. The summed E-state index contributed by atoms with van der Waals surface area (Å²) in [4.78, 5) is 9.99. The first-order chi connectivity index (χ1) is 6.25. The molecule has 0 aliphatic rings. The SMILES string of the molecule is O=CCC=Cc1cccc(F)c1Cl. The molecular weight excluding hydrogens is 191 g/mol. The number of carbonyl (C=O) groups is 1. The first-order valence-electron chi connectivity index (χ1n) is 3.80. The molecule has 0 aliphatic carbocycles. The standard InChI is InChI=1S/C10H8ClFO/c11-10-8(4-1-2-7-13)5-3-6-9(10)12/h1,3-7H,2H2. The van der Waals surface area contributed by atoms with Crippen LogP contribution in [0.3, 0.4) is 0 Å². The molecule has 0 unspecified atom stereocenters. The van der Waals surface area contributed by atoms with Crippen LogP contribution in [0.2, 0.25) is 5.02 Å². The molecule has 0 aromatic heterocycles. The van der Waals surface area contributed by atoms with Crippen LogP contribution in [0.5, 0.6) is 0 Å². The van der Waals surface area contributed by atoms with E-state index in [0.29, 0.717) is 12.0 Å². The Kier molecular flexibility index (Phi) is 3.65. The predicted molar refractivity (Wildman–Crippen MR) is 51.1 cm³/mol. The Morgan fingerprint density at radius 3 is 2.92 bits per heavy atom. The monoisotopic (exact) mass is 198 g/mol. The molecule has 0 amide bonds. The Balaban J connectivity index is 2.88. The fourth-order valence-corrected chi connectivity index (χ4v) is 1.09. The first-order valence-corrected chi connectivity index (χ1v) is 4.17. The van der Waals surface area contributed by atoms with Gasteiger partial charge in [-0.05, 0) is 11.6 Å². The topological polar surface area (TPSA) is 17.1 Å². The fourth-order valence-electron chi connectivity index (χ4n) is 0.900. The number of hydrogen-bond donors (Lipinski definition) is 0. The van der Waals surface area contributed by atoms with Crippen molar-refractivity contribution in [1.29, 1.82) is 0 Å². The molecular formula is C10H8ClFO. The van der Waals surface area contributed by atoms with E-state index in [1.54, 1.807) is 24.3 Å². The van der Waals surface area contributed by atoms with Gasteiger partial charge in [0.15, 0.2) is 0 Å². The molecule has 0 radical (unpaired) electrons. The summed E-state index contributed by atoms with van der Waals surface area (Å²) in [6, 6.07) is 4.55. The molecule has 0 saturated heterocycles. The highest BCUT2D eigenvalue weighted by molar-refractivity contribution is 6.32. The molecule has 68 valence electrons. The number of allylic oxidation sites excluding steroid dienone is 1. The third-order valence-electron chi connectivity index (χ3n) is 1.51. The van der Waals surface area contributed by atoms with Crippen LogP contribution in [0.15, 0.2) is 24.3 Å². The molecule has 0 saturated carbocycles. The van der Waals surface area contributed by atoms with Crippen molar-refractivity contribution in [3.05, 3.63) is 40.7 Å². The van der Waals surface area contributed by atoms with Gasteiger partial charge in [0, 0.05) is 6.42 Å². The summed E-state index contributed by atoms with van der Waals surface area (Å²) in [5.41, 5.74) is 0.587. The Bertz CT molecular complexity index is 334. The minimum absolute atomic E-state index is 0.0876. The quantitative estimate of drug-likeness (QED) is 0.683. The van der Waals surface area contributed by atoms with Crippen molar-refractivity contribution in [1.82, 2.24) is 0 Å². The number of benzene rings is 1. The number of hydrogen-bond acceptors (Lipinski definition) is 1. The first kappa shape index (κ1) is 9.93. The number of halogens is 2. The molecule has 1 rings (SSSR count). The summed E-state index contributed by atoms with van der Waals surface area (Å²) in [5.74, 6) is -0.449. The largest absolute Gasteiger partial charge is 0.303 e. The number of carbonyl (C=O) groups excluding carboxylic acids is 1. The van der Waals surface area contributed by atoms with Crippen molar-refractivity contribution < 1.29 is 9.18 Å². The second-order valence-electron chi connectivity index (χ2n) is 2.45. The molecule has 1 aromatic rings. The highest BCUT2D eigenvalue weighted by Crippen LogP contribution is 2.20. The molecule has 0 N–H and O–H groups in total. The molecule has 1 nitrogen and oxygen atoms in total. The van der Waals surface area contributed by atoms with Crippen LogP contribution in [-0.4, -0.2) is 6.29 Å². The Hall–Kier alpha value is -1.15. The van der Waals surface area contributed by atoms with E-state index in [1.807, 2.05) is 0 Å². The van der Waals surface area contributed by atoms with Gasteiger partial charge < -0.3 is 4.79 Å². The lowest BCUT2D eigenvalue weighted by Crippen LogP contribution is -1.80. The van der Waals surface area contributed by atoms with Crippen molar-refractivity contribution >= 4 is 24.0 Å². The van der Waals surface area contributed by atoms with Crippen molar-refractivity contribution in [2.75, 3.05) is 0 Å². The fraction of sp³-hybridized carbons (Fsp3) is 0.100. The zero-order valence-corrected chi connectivity index (χ0v) is 7.59. The summed E-state index contributed by atoms with van der Waals surface area (Å²) in [5, 5.41) is 0.0876. The van der Waals surface area contributed by atoms with Crippen molar-refractivity contribution in [3.63, 3.8) is 0 Å². The molecule has 3 heteroatoms. The van der Waals surface area contributed by atoms with Gasteiger partial charge >= 0.3 is 0 Å². The maximum Gasteiger partial charge on any atom is 0.142 e. The van der Waals surface area contributed by atoms with E-state index in [1.165, 1.54) is 6.07 Å². The maximum absolute atomic E-state index is 12.9. The smallest absolute Gasteiger partial charge is 0.142 e. The summed E-state index contributed by atoms with van der Waals surface area (Å²) >= 11 is 5.66. The lowest BCUT2D eigenvalue weighted by atomic mass is 10.2. The average molecular weight is 199 g/mol. The van der Waals surface area contributed by atoms with Crippen molar-refractivity contribution in [2.24, 2.45) is 0 Å². The Morgan fingerprint density at radius 2 is 2.23 bits per heavy atom. The minimum atomic E-state index is -0.449. The second-order valence-corrected chi connectivity index (χ2v) is 2.83.